The number of carbonyl (C=O) groups excluding carboxylic acids is 1. The van der Waals surface area contributed by atoms with Gasteiger partial charge in [-0.05, 0) is 48.7 Å². The molecule has 0 bridgehead atoms. The van der Waals surface area contributed by atoms with Gasteiger partial charge in [0.1, 0.15) is 12.1 Å². The standard InChI is InChI=1S/C27H27N3O3/c1-17-6-4-8-23-27(17)30(16-29-23)24-9-5-7-19(18(24)2)14-28-21-10-11-22-20(12-26(31)32-3)15-33-25(22)13-21/h4-11,13,16,20,28H,12,14-15H2,1-3H3. The van der Waals surface area contributed by atoms with Crippen molar-refractivity contribution in [3.05, 3.63) is 83.2 Å². The van der Waals surface area contributed by atoms with Crippen LogP contribution in [0.1, 0.15) is 34.6 Å². The maximum atomic E-state index is 11.6. The van der Waals surface area contributed by atoms with Crippen molar-refractivity contribution in [2.45, 2.75) is 32.7 Å². The largest absolute Gasteiger partial charge is 0.493 e. The van der Waals surface area contributed by atoms with E-state index in [2.05, 4.69) is 53.0 Å². The maximum absolute atomic E-state index is 11.6. The average molecular weight is 442 g/mol. The first-order valence-electron chi connectivity index (χ1n) is 11.1. The number of hydrogen-bond donors (Lipinski definition) is 1. The van der Waals surface area contributed by atoms with Gasteiger partial charge in [-0.2, -0.15) is 0 Å². The Morgan fingerprint density at radius 1 is 1.18 bits per heavy atom. The van der Waals surface area contributed by atoms with Crippen molar-refractivity contribution >= 4 is 22.7 Å². The van der Waals surface area contributed by atoms with E-state index >= 15 is 0 Å². The van der Waals surface area contributed by atoms with Crippen LogP contribution >= 0.6 is 0 Å². The SMILES string of the molecule is COC(=O)CC1COc2cc(NCc3cccc(-n4cnc5cccc(C)c54)c3C)ccc21. The van der Waals surface area contributed by atoms with Crippen LogP contribution in [0.15, 0.2) is 60.9 Å². The molecule has 1 aliphatic rings. The maximum Gasteiger partial charge on any atom is 0.306 e. The van der Waals surface area contributed by atoms with Crippen LogP contribution < -0.4 is 10.1 Å². The summed E-state index contributed by atoms with van der Waals surface area (Å²) in [5.41, 5.74) is 8.96. The quantitative estimate of drug-likeness (QED) is 0.412. The van der Waals surface area contributed by atoms with E-state index in [0.29, 0.717) is 19.6 Å². The van der Waals surface area contributed by atoms with Gasteiger partial charge in [0.2, 0.25) is 0 Å². The number of carbonyl (C=O) groups is 1. The van der Waals surface area contributed by atoms with Gasteiger partial charge < -0.3 is 14.8 Å². The van der Waals surface area contributed by atoms with Crippen molar-refractivity contribution in [2.24, 2.45) is 0 Å². The number of anilines is 1. The summed E-state index contributed by atoms with van der Waals surface area (Å²) in [6.45, 7) is 5.47. The zero-order chi connectivity index (χ0) is 22.9. The van der Waals surface area contributed by atoms with Gasteiger partial charge in [0.25, 0.3) is 0 Å². The number of rotatable bonds is 6. The molecule has 2 heterocycles. The van der Waals surface area contributed by atoms with Crippen LogP contribution in [0.3, 0.4) is 0 Å². The first-order valence-corrected chi connectivity index (χ1v) is 11.1. The fraction of sp³-hybridized carbons (Fsp3) is 0.259. The van der Waals surface area contributed by atoms with E-state index in [4.69, 9.17) is 9.47 Å². The molecule has 0 amide bonds. The van der Waals surface area contributed by atoms with Gasteiger partial charge in [-0.15, -0.1) is 0 Å². The second-order valence-corrected chi connectivity index (χ2v) is 8.51. The van der Waals surface area contributed by atoms with Crippen LogP contribution in [0.4, 0.5) is 5.69 Å². The number of benzene rings is 3. The molecule has 0 radical (unpaired) electrons. The zero-order valence-electron chi connectivity index (χ0n) is 19.1. The lowest BCUT2D eigenvalue weighted by Gasteiger charge is -2.15. The van der Waals surface area contributed by atoms with Crippen molar-refractivity contribution in [3.63, 3.8) is 0 Å². The predicted octanol–water partition coefficient (Wildman–Crippen LogP) is 5.29. The Hall–Kier alpha value is -3.80. The van der Waals surface area contributed by atoms with Gasteiger partial charge in [0.15, 0.2) is 0 Å². The van der Waals surface area contributed by atoms with Crippen LogP contribution in [0.2, 0.25) is 0 Å². The van der Waals surface area contributed by atoms with E-state index in [1.54, 1.807) is 0 Å². The van der Waals surface area contributed by atoms with Gasteiger partial charge in [-0.25, -0.2) is 4.98 Å². The number of fused-ring (bicyclic) bond motifs is 2. The molecule has 4 aromatic rings. The summed E-state index contributed by atoms with van der Waals surface area (Å²) >= 11 is 0. The molecule has 6 nitrogen and oxygen atoms in total. The zero-order valence-corrected chi connectivity index (χ0v) is 19.1. The van der Waals surface area contributed by atoms with Crippen molar-refractivity contribution < 1.29 is 14.3 Å². The van der Waals surface area contributed by atoms with Gasteiger partial charge in [-0.1, -0.05) is 30.3 Å². The lowest BCUT2D eigenvalue weighted by atomic mass is 9.97. The smallest absolute Gasteiger partial charge is 0.306 e. The summed E-state index contributed by atoms with van der Waals surface area (Å²) in [7, 11) is 1.42. The third kappa shape index (κ3) is 3.93. The Morgan fingerprint density at radius 3 is 2.88 bits per heavy atom. The van der Waals surface area contributed by atoms with Crippen molar-refractivity contribution in [3.8, 4) is 11.4 Å². The van der Waals surface area contributed by atoms with E-state index in [1.165, 1.54) is 23.8 Å². The lowest BCUT2D eigenvalue weighted by molar-refractivity contribution is -0.141. The minimum atomic E-state index is -0.213. The Labute approximate surface area is 193 Å². The highest BCUT2D eigenvalue weighted by Gasteiger charge is 2.27. The molecule has 1 aromatic heterocycles. The molecule has 1 atom stereocenters. The molecule has 5 rings (SSSR count). The number of ether oxygens (including phenoxy) is 2. The first kappa shape index (κ1) is 21.1. The summed E-state index contributed by atoms with van der Waals surface area (Å²) in [4.78, 5) is 16.2. The minimum Gasteiger partial charge on any atom is -0.493 e. The molecule has 6 heteroatoms. The van der Waals surface area contributed by atoms with E-state index in [1.807, 2.05) is 36.7 Å². The van der Waals surface area contributed by atoms with E-state index in [-0.39, 0.29) is 11.9 Å². The second-order valence-electron chi connectivity index (χ2n) is 8.51. The Bertz CT molecular complexity index is 1340. The second kappa shape index (κ2) is 8.62. The highest BCUT2D eigenvalue weighted by Crippen LogP contribution is 2.38. The molecule has 33 heavy (non-hydrogen) atoms. The van der Waals surface area contributed by atoms with Crippen LogP contribution in [0, 0.1) is 13.8 Å². The summed E-state index contributed by atoms with van der Waals surface area (Å²) in [6, 6.07) is 18.7. The third-order valence-corrected chi connectivity index (χ3v) is 6.46. The minimum absolute atomic E-state index is 0.0499. The number of hydrogen-bond acceptors (Lipinski definition) is 5. The Balaban J connectivity index is 1.36. The highest BCUT2D eigenvalue weighted by atomic mass is 16.5. The molecule has 1 unspecified atom stereocenters. The number of imidazole rings is 1. The number of para-hydroxylation sites is 1. The Kier molecular flexibility index (Phi) is 5.50. The van der Waals surface area contributed by atoms with Crippen molar-refractivity contribution in [2.75, 3.05) is 19.0 Å². The molecule has 3 aromatic carbocycles. The number of methoxy groups -OCH3 is 1. The predicted molar refractivity (Wildman–Crippen MR) is 129 cm³/mol. The molecule has 168 valence electrons. The fourth-order valence-electron chi connectivity index (χ4n) is 4.58. The number of esters is 1. The van der Waals surface area contributed by atoms with Gasteiger partial charge in [-0.3, -0.25) is 9.36 Å². The molecule has 1 aliphatic heterocycles. The summed E-state index contributed by atoms with van der Waals surface area (Å²) in [5.74, 6) is 0.670. The number of nitrogens with zero attached hydrogens (tertiary/aromatic N) is 2. The number of aromatic nitrogens is 2. The monoisotopic (exact) mass is 441 g/mol. The van der Waals surface area contributed by atoms with E-state index in [0.717, 1.165) is 33.7 Å². The molecule has 0 spiro atoms. The van der Waals surface area contributed by atoms with Crippen LogP contribution in [0.5, 0.6) is 5.75 Å². The normalized spacial score (nSPS) is 14.7. The topological polar surface area (TPSA) is 65.4 Å². The van der Waals surface area contributed by atoms with Crippen LogP contribution in [-0.2, 0) is 16.1 Å². The molecule has 0 aliphatic carbocycles. The van der Waals surface area contributed by atoms with E-state index in [9.17, 15) is 4.79 Å². The summed E-state index contributed by atoms with van der Waals surface area (Å²) in [5, 5.41) is 3.52. The average Bonchev–Trinajstić information content (AvgIpc) is 3.43. The molecule has 0 saturated heterocycles. The first-order chi connectivity index (χ1) is 16.0. The lowest BCUT2D eigenvalue weighted by Crippen LogP contribution is -2.09. The van der Waals surface area contributed by atoms with Gasteiger partial charge in [0.05, 0.1) is 36.9 Å². The van der Waals surface area contributed by atoms with Gasteiger partial charge >= 0.3 is 5.97 Å². The van der Waals surface area contributed by atoms with Gasteiger partial charge in [0, 0.05) is 29.8 Å². The Morgan fingerprint density at radius 2 is 2.03 bits per heavy atom. The summed E-state index contributed by atoms with van der Waals surface area (Å²) in [6.07, 6.45) is 2.24. The van der Waals surface area contributed by atoms with Crippen LogP contribution in [-0.4, -0.2) is 29.2 Å². The molecule has 0 fully saturated rings. The summed E-state index contributed by atoms with van der Waals surface area (Å²) < 4.78 is 12.8. The highest BCUT2D eigenvalue weighted by molar-refractivity contribution is 5.81. The van der Waals surface area contributed by atoms with E-state index < -0.39 is 0 Å². The molecular formula is C27H27N3O3. The molecule has 0 saturated carbocycles. The van der Waals surface area contributed by atoms with Crippen LogP contribution in [0.25, 0.3) is 16.7 Å². The third-order valence-electron chi connectivity index (χ3n) is 6.46. The number of nitrogens with one attached hydrogen (secondary N) is 1. The van der Waals surface area contributed by atoms with Crippen molar-refractivity contribution in [1.82, 2.24) is 9.55 Å². The molecular weight excluding hydrogens is 414 g/mol. The van der Waals surface area contributed by atoms with Crippen molar-refractivity contribution in [1.29, 1.82) is 0 Å². The fourth-order valence-corrected chi connectivity index (χ4v) is 4.58. The molecule has 1 N–H and O–H groups in total. The number of aryl methyl sites for hydroxylation is 1.